The molecule has 3 nitrogen and oxygen atoms in total. The van der Waals surface area contributed by atoms with Gasteiger partial charge in [0.25, 0.3) is 0 Å². The molecular formula is C24H16N2O. The van der Waals surface area contributed by atoms with E-state index in [-0.39, 0.29) is 0 Å². The average Bonchev–Trinajstić information content (AvgIpc) is 2.75. The zero-order valence-electron chi connectivity index (χ0n) is 14.5. The van der Waals surface area contributed by atoms with E-state index >= 15 is 0 Å². The molecule has 0 unspecified atom stereocenters. The van der Waals surface area contributed by atoms with Gasteiger partial charge in [0.2, 0.25) is 5.88 Å². The molecule has 3 aromatic carbocycles. The summed E-state index contributed by atoms with van der Waals surface area (Å²) < 4.78 is 5.90. The van der Waals surface area contributed by atoms with Gasteiger partial charge < -0.3 is 4.74 Å². The highest BCUT2D eigenvalue weighted by atomic mass is 16.5. The van der Waals surface area contributed by atoms with Crippen LogP contribution in [0.2, 0.25) is 0 Å². The summed E-state index contributed by atoms with van der Waals surface area (Å²) in [6, 6.07) is 26.9. The molecule has 2 heterocycles. The van der Waals surface area contributed by atoms with Crippen LogP contribution in [0.5, 0.6) is 11.6 Å². The Morgan fingerprint density at radius 3 is 2.22 bits per heavy atom. The van der Waals surface area contributed by atoms with E-state index in [0.29, 0.717) is 5.88 Å². The number of pyridine rings is 2. The van der Waals surface area contributed by atoms with Crippen molar-refractivity contribution in [1.29, 1.82) is 0 Å². The maximum absolute atomic E-state index is 5.90. The van der Waals surface area contributed by atoms with E-state index < -0.39 is 0 Å². The zero-order chi connectivity index (χ0) is 18.1. The predicted molar refractivity (Wildman–Crippen MR) is 109 cm³/mol. The molecule has 0 fully saturated rings. The zero-order valence-corrected chi connectivity index (χ0v) is 14.5. The van der Waals surface area contributed by atoms with E-state index in [0.717, 1.165) is 16.5 Å². The third kappa shape index (κ3) is 3.00. The first-order valence-corrected chi connectivity index (χ1v) is 8.83. The fraction of sp³-hybridized carbons (Fsp3) is 0. The molecule has 0 aliphatic heterocycles. The minimum atomic E-state index is 0.575. The van der Waals surface area contributed by atoms with E-state index in [4.69, 9.17) is 4.74 Å². The standard InChI is InChI=1S/C24H16N2O/c1-2-4-17(5-3-1)19-8-6-18-7-9-20-16-26-24(15-23(20)22(18)14-19)27-21-10-12-25-13-11-21/h1-16H. The fourth-order valence-corrected chi connectivity index (χ4v) is 3.32. The summed E-state index contributed by atoms with van der Waals surface area (Å²) in [6.45, 7) is 0. The molecule has 3 heteroatoms. The molecule has 0 aliphatic rings. The van der Waals surface area contributed by atoms with Gasteiger partial charge in [0.05, 0.1) is 0 Å². The minimum Gasteiger partial charge on any atom is -0.439 e. The summed E-state index contributed by atoms with van der Waals surface area (Å²) in [4.78, 5) is 8.46. The number of nitrogens with zero attached hydrogens (tertiary/aromatic N) is 2. The molecule has 5 aromatic rings. The molecule has 2 aromatic heterocycles. The Morgan fingerprint density at radius 2 is 1.37 bits per heavy atom. The van der Waals surface area contributed by atoms with Crippen molar-refractivity contribution in [3.8, 4) is 22.8 Å². The predicted octanol–water partition coefficient (Wildman–Crippen LogP) is 6.24. The maximum Gasteiger partial charge on any atom is 0.219 e. The van der Waals surface area contributed by atoms with Crippen LogP contribution in [-0.2, 0) is 0 Å². The number of fused-ring (bicyclic) bond motifs is 3. The van der Waals surface area contributed by atoms with E-state index in [2.05, 4.69) is 64.6 Å². The van der Waals surface area contributed by atoms with Crippen molar-refractivity contribution in [3.63, 3.8) is 0 Å². The molecule has 0 N–H and O–H groups in total. The van der Waals surface area contributed by atoms with Gasteiger partial charge in [0.15, 0.2) is 0 Å². The van der Waals surface area contributed by atoms with Crippen molar-refractivity contribution in [3.05, 3.63) is 97.5 Å². The fourth-order valence-electron chi connectivity index (χ4n) is 3.32. The van der Waals surface area contributed by atoms with Crippen LogP contribution < -0.4 is 4.74 Å². The highest BCUT2D eigenvalue weighted by molar-refractivity contribution is 6.08. The van der Waals surface area contributed by atoms with Crippen molar-refractivity contribution in [2.45, 2.75) is 0 Å². The first-order valence-electron chi connectivity index (χ1n) is 8.83. The summed E-state index contributed by atoms with van der Waals surface area (Å²) >= 11 is 0. The van der Waals surface area contributed by atoms with E-state index in [1.165, 1.54) is 21.9 Å². The van der Waals surface area contributed by atoms with Crippen molar-refractivity contribution < 1.29 is 4.74 Å². The second-order valence-electron chi connectivity index (χ2n) is 6.40. The SMILES string of the molecule is c1ccc(-c2ccc3ccc4cnc(Oc5ccncc5)cc4c3c2)cc1. The summed E-state index contributed by atoms with van der Waals surface area (Å²) in [7, 11) is 0. The Balaban J connectivity index is 1.66. The minimum absolute atomic E-state index is 0.575. The van der Waals surface area contributed by atoms with E-state index in [1.807, 2.05) is 30.5 Å². The van der Waals surface area contributed by atoms with Crippen LogP contribution in [0.1, 0.15) is 0 Å². The highest BCUT2D eigenvalue weighted by Crippen LogP contribution is 2.32. The third-order valence-corrected chi connectivity index (χ3v) is 4.67. The molecule has 0 atom stereocenters. The van der Waals surface area contributed by atoms with Gasteiger partial charge in [-0.1, -0.05) is 54.6 Å². The van der Waals surface area contributed by atoms with Gasteiger partial charge in [-0.3, -0.25) is 4.98 Å². The molecule has 27 heavy (non-hydrogen) atoms. The van der Waals surface area contributed by atoms with Crippen molar-refractivity contribution in [1.82, 2.24) is 9.97 Å². The van der Waals surface area contributed by atoms with Crippen LogP contribution in [0.3, 0.4) is 0 Å². The Labute approximate surface area is 156 Å². The Kier molecular flexibility index (Phi) is 3.76. The number of hydrogen-bond acceptors (Lipinski definition) is 3. The van der Waals surface area contributed by atoms with Crippen molar-refractivity contribution in [2.24, 2.45) is 0 Å². The maximum atomic E-state index is 5.90. The molecule has 0 saturated carbocycles. The van der Waals surface area contributed by atoms with Crippen LogP contribution in [0.25, 0.3) is 32.7 Å². The van der Waals surface area contributed by atoms with Crippen LogP contribution >= 0.6 is 0 Å². The van der Waals surface area contributed by atoms with Gasteiger partial charge in [0.1, 0.15) is 5.75 Å². The molecule has 0 amide bonds. The molecule has 0 radical (unpaired) electrons. The average molecular weight is 348 g/mol. The lowest BCUT2D eigenvalue weighted by Crippen LogP contribution is -1.89. The van der Waals surface area contributed by atoms with Gasteiger partial charge in [-0.2, -0.15) is 0 Å². The monoisotopic (exact) mass is 348 g/mol. The number of ether oxygens (including phenoxy) is 1. The first-order chi connectivity index (χ1) is 13.4. The molecule has 0 saturated heterocycles. The van der Waals surface area contributed by atoms with Crippen LogP contribution in [0, 0.1) is 0 Å². The highest BCUT2D eigenvalue weighted by Gasteiger charge is 2.07. The number of benzene rings is 3. The summed E-state index contributed by atoms with van der Waals surface area (Å²) in [5.41, 5.74) is 2.41. The normalized spacial score (nSPS) is 11.0. The van der Waals surface area contributed by atoms with E-state index in [1.54, 1.807) is 12.4 Å². The third-order valence-electron chi connectivity index (χ3n) is 4.67. The quantitative estimate of drug-likeness (QED) is 0.362. The van der Waals surface area contributed by atoms with Gasteiger partial charge in [0, 0.05) is 30.0 Å². The van der Waals surface area contributed by atoms with Crippen LogP contribution in [0.15, 0.2) is 97.5 Å². The van der Waals surface area contributed by atoms with Crippen molar-refractivity contribution >= 4 is 21.5 Å². The number of aromatic nitrogens is 2. The topological polar surface area (TPSA) is 35.0 Å². The molecule has 0 spiro atoms. The van der Waals surface area contributed by atoms with Gasteiger partial charge in [-0.15, -0.1) is 0 Å². The molecule has 0 bridgehead atoms. The number of rotatable bonds is 3. The lowest BCUT2D eigenvalue weighted by molar-refractivity contribution is 0.463. The van der Waals surface area contributed by atoms with Crippen molar-refractivity contribution in [2.75, 3.05) is 0 Å². The molecule has 5 rings (SSSR count). The second kappa shape index (κ2) is 6.54. The Morgan fingerprint density at radius 1 is 0.630 bits per heavy atom. The summed E-state index contributed by atoms with van der Waals surface area (Å²) in [5.74, 6) is 1.30. The summed E-state index contributed by atoms with van der Waals surface area (Å²) in [5, 5.41) is 4.61. The molecule has 128 valence electrons. The first kappa shape index (κ1) is 15.5. The van der Waals surface area contributed by atoms with Gasteiger partial charge in [-0.25, -0.2) is 4.98 Å². The summed E-state index contributed by atoms with van der Waals surface area (Å²) in [6.07, 6.45) is 5.27. The largest absolute Gasteiger partial charge is 0.439 e. The Hall–Kier alpha value is -3.72. The Bertz CT molecular complexity index is 1230. The van der Waals surface area contributed by atoms with Crippen LogP contribution in [0.4, 0.5) is 0 Å². The van der Waals surface area contributed by atoms with Gasteiger partial charge >= 0.3 is 0 Å². The molecular weight excluding hydrogens is 332 g/mol. The smallest absolute Gasteiger partial charge is 0.219 e. The molecule has 0 aliphatic carbocycles. The second-order valence-corrected chi connectivity index (χ2v) is 6.40. The lowest BCUT2D eigenvalue weighted by atomic mass is 9.98. The van der Waals surface area contributed by atoms with Crippen LogP contribution in [-0.4, -0.2) is 9.97 Å². The number of hydrogen-bond donors (Lipinski definition) is 0. The lowest BCUT2D eigenvalue weighted by Gasteiger charge is -2.09. The van der Waals surface area contributed by atoms with E-state index in [9.17, 15) is 0 Å². The van der Waals surface area contributed by atoms with Gasteiger partial charge in [-0.05, 0) is 45.5 Å².